The minimum atomic E-state index is 0.438. The smallest absolute Gasteiger partial charge is 0.0622 e. The van der Waals surface area contributed by atoms with Crippen LogP contribution in [0.4, 0.5) is 0 Å². The molecule has 1 atom stereocenters. The molecule has 1 nitrogen and oxygen atoms in total. The molecule has 0 aliphatic heterocycles. The maximum Gasteiger partial charge on any atom is 0.0622 e. The molecule has 1 aliphatic rings. The third-order valence-electron chi connectivity index (χ3n) is 2.69. The van der Waals surface area contributed by atoms with Crippen molar-refractivity contribution in [1.29, 1.82) is 0 Å². The topological polar surface area (TPSA) is 12.4 Å². The van der Waals surface area contributed by atoms with Gasteiger partial charge in [-0.3, -0.25) is 4.99 Å². The van der Waals surface area contributed by atoms with Gasteiger partial charge in [0.25, 0.3) is 0 Å². The van der Waals surface area contributed by atoms with Crippen LogP contribution in [0.2, 0.25) is 0 Å². The highest BCUT2D eigenvalue weighted by Crippen LogP contribution is 2.23. The highest BCUT2D eigenvalue weighted by molar-refractivity contribution is 5.96. The fourth-order valence-corrected chi connectivity index (χ4v) is 1.61. The first-order valence-electron chi connectivity index (χ1n) is 5.64. The van der Waals surface area contributed by atoms with Gasteiger partial charge in [0.1, 0.15) is 0 Å². The van der Waals surface area contributed by atoms with E-state index >= 15 is 0 Å². The van der Waals surface area contributed by atoms with E-state index in [1.54, 1.807) is 0 Å². The Bertz CT molecular complexity index is 329. The maximum absolute atomic E-state index is 4.68. The van der Waals surface area contributed by atoms with E-state index in [4.69, 9.17) is 0 Å². The number of rotatable bonds is 3. The molecule has 0 spiro atoms. The normalized spacial score (nSPS) is 22.5. The number of hydrogen-bond donors (Lipinski definition) is 0. The third kappa shape index (κ3) is 3.19. The lowest BCUT2D eigenvalue weighted by atomic mass is 9.96. The first-order chi connectivity index (χ1) is 7.04. The fourth-order valence-electron chi connectivity index (χ4n) is 1.61. The zero-order valence-corrected chi connectivity index (χ0v) is 10.2. The van der Waals surface area contributed by atoms with Crippen molar-refractivity contribution in [2.24, 2.45) is 16.8 Å². The first kappa shape index (κ1) is 12.0. The van der Waals surface area contributed by atoms with Crippen molar-refractivity contribution in [1.82, 2.24) is 0 Å². The molecule has 1 heteroatoms. The van der Waals surface area contributed by atoms with E-state index in [2.05, 4.69) is 51.4 Å². The zero-order valence-electron chi connectivity index (χ0n) is 10.2. The molecular formula is C14H21N. The van der Waals surface area contributed by atoms with Crippen LogP contribution in [0.3, 0.4) is 0 Å². The Morgan fingerprint density at radius 3 is 2.80 bits per heavy atom. The quantitative estimate of drug-likeness (QED) is 0.611. The molecule has 1 unspecified atom stereocenters. The van der Waals surface area contributed by atoms with Crippen LogP contribution in [-0.4, -0.2) is 5.71 Å². The molecule has 0 heterocycles. The van der Waals surface area contributed by atoms with Crippen molar-refractivity contribution in [2.75, 3.05) is 0 Å². The van der Waals surface area contributed by atoms with Crippen LogP contribution in [0.15, 0.2) is 41.1 Å². The van der Waals surface area contributed by atoms with Crippen LogP contribution in [0, 0.1) is 11.8 Å². The monoisotopic (exact) mass is 203 g/mol. The first-order valence-corrected chi connectivity index (χ1v) is 5.64. The Morgan fingerprint density at radius 2 is 2.27 bits per heavy atom. The molecule has 0 bridgehead atoms. The molecule has 0 saturated heterocycles. The van der Waals surface area contributed by atoms with E-state index in [1.165, 1.54) is 5.57 Å². The van der Waals surface area contributed by atoms with Crippen LogP contribution in [0.5, 0.6) is 0 Å². The van der Waals surface area contributed by atoms with E-state index in [0.717, 1.165) is 17.8 Å². The van der Waals surface area contributed by atoms with Gasteiger partial charge in [-0.15, -0.1) is 0 Å². The summed E-state index contributed by atoms with van der Waals surface area (Å²) >= 11 is 0. The lowest BCUT2D eigenvalue weighted by Crippen LogP contribution is -2.06. The average molecular weight is 203 g/mol. The van der Waals surface area contributed by atoms with Crippen molar-refractivity contribution in [3.8, 4) is 0 Å². The van der Waals surface area contributed by atoms with Gasteiger partial charge in [0.05, 0.1) is 5.70 Å². The Morgan fingerprint density at radius 1 is 1.60 bits per heavy atom. The summed E-state index contributed by atoms with van der Waals surface area (Å²) in [7, 11) is 0. The summed E-state index contributed by atoms with van der Waals surface area (Å²) in [5, 5.41) is 0. The molecule has 15 heavy (non-hydrogen) atoms. The molecule has 0 aromatic rings. The summed E-state index contributed by atoms with van der Waals surface area (Å²) in [6, 6.07) is 0. The minimum absolute atomic E-state index is 0.438. The molecule has 82 valence electrons. The Kier molecular flexibility index (Phi) is 4.07. The molecular weight excluding hydrogens is 182 g/mol. The van der Waals surface area contributed by atoms with Gasteiger partial charge < -0.3 is 0 Å². The van der Waals surface area contributed by atoms with Gasteiger partial charge >= 0.3 is 0 Å². The van der Waals surface area contributed by atoms with Gasteiger partial charge in [-0.25, -0.2) is 0 Å². The molecule has 0 aromatic carbocycles. The lowest BCUT2D eigenvalue weighted by molar-refractivity contribution is 0.719. The molecule has 1 aliphatic carbocycles. The number of nitrogens with zero attached hydrogens (tertiary/aromatic N) is 1. The number of allylic oxidation sites excluding steroid dienone is 4. The Labute approximate surface area is 93.3 Å². The predicted molar refractivity (Wildman–Crippen MR) is 68.1 cm³/mol. The van der Waals surface area contributed by atoms with Crippen LogP contribution in [0.1, 0.15) is 34.1 Å². The molecule has 1 rings (SSSR count). The van der Waals surface area contributed by atoms with Crippen LogP contribution < -0.4 is 0 Å². The third-order valence-corrected chi connectivity index (χ3v) is 2.69. The maximum atomic E-state index is 4.68. The van der Waals surface area contributed by atoms with Crippen LogP contribution >= 0.6 is 0 Å². The second-order valence-electron chi connectivity index (χ2n) is 4.55. The van der Waals surface area contributed by atoms with Crippen molar-refractivity contribution in [3.05, 3.63) is 36.1 Å². The Balaban J connectivity index is 2.97. The van der Waals surface area contributed by atoms with Gasteiger partial charge in [-0.05, 0) is 36.8 Å². The molecule has 0 aromatic heterocycles. The zero-order chi connectivity index (χ0) is 11.4. The van der Waals surface area contributed by atoms with Gasteiger partial charge in [0.2, 0.25) is 0 Å². The number of hydrogen-bond acceptors (Lipinski definition) is 1. The van der Waals surface area contributed by atoms with E-state index < -0.39 is 0 Å². The van der Waals surface area contributed by atoms with Gasteiger partial charge in [-0.1, -0.05) is 39.5 Å². The summed E-state index contributed by atoms with van der Waals surface area (Å²) in [5.74, 6) is 1.04. The summed E-state index contributed by atoms with van der Waals surface area (Å²) in [6.07, 6.45) is 7.51. The highest BCUT2D eigenvalue weighted by atomic mass is 14.8. The van der Waals surface area contributed by atoms with Gasteiger partial charge in [-0.2, -0.15) is 0 Å². The minimum Gasteiger partial charge on any atom is -0.253 e. The molecule has 0 amide bonds. The van der Waals surface area contributed by atoms with Crippen molar-refractivity contribution in [3.63, 3.8) is 0 Å². The lowest BCUT2D eigenvalue weighted by Gasteiger charge is -2.15. The van der Waals surface area contributed by atoms with E-state index in [0.29, 0.717) is 11.8 Å². The highest BCUT2D eigenvalue weighted by Gasteiger charge is 2.10. The standard InChI is InChI=1S/C14H21N/c1-6-13(10(2)3)15-14-9-11(4)7-8-12(14)5/h6,8-11H,1,7H2,2-5H3/b15-13+. The second kappa shape index (κ2) is 5.11. The fraction of sp³-hybridized carbons (Fsp3) is 0.500. The number of aliphatic imine (C=N–C) groups is 1. The van der Waals surface area contributed by atoms with Crippen molar-refractivity contribution in [2.45, 2.75) is 34.1 Å². The average Bonchev–Trinajstić information content (AvgIpc) is 2.18. The van der Waals surface area contributed by atoms with Crippen molar-refractivity contribution >= 4 is 5.71 Å². The van der Waals surface area contributed by atoms with Crippen molar-refractivity contribution < 1.29 is 0 Å². The van der Waals surface area contributed by atoms with E-state index in [1.807, 2.05) is 6.08 Å². The Hall–Kier alpha value is -1.11. The van der Waals surface area contributed by atoms with E-state index in [9.17, 15) is 0 Å². The summed E-state index contributed by atoms with van der Waals surface area (Å²) in [4.78, 5) is 4.68. The summed E-state index contributed by atoms with van der Waals surface area (Å²) in [6.45, 7) is 12.5. The van der Waals surface area contributed by atoms with Crippen LogP contribution in [0.25, 0.3) is 0 Å². The largest absolute Gasteiger partial charge is 0.253 e. The molecule has 0 saturated carbocycles. The SMILES string of the molecule is C=C/C(=N\C1=CC(C)CC=C1C)C(C)C. The van der Waals surface area contributed by atoms with Gasteiger partial charge in [0.15, 0.2) is 0 Å². The second-order valence-corrected chi connectivity index (χ2v) is 4.55. The van der Waals surface area contributed by atoms with E-state index in [-0.39, 0.29) is 0 Å². The predicted octanol–water partition coefficient (Wildman–Crippen LogP) is 4.14. The summed E-state index contributed by atoms with van der Waals surface area (Å²) < 4.78 is 0. The summed E-state index contributed by atoms with van der Waals surface area (Å²) in [5.41, 5.74) is 3.48. The molecule has 0 N–H and O–H groups in total. The van der Waals surface area contributed by atoms with Gasteiger partial charge in [0, 0.05) is 5.71 Å². The van der Waals surface area contributed by atoms with Crippen LogP contribution in [-0.2, 0) is 0 Å². The molecule has 0 fully saturated rings. The molecule has 0 radical (unpaired) electrons.